The van der Waals surface area contributed by atoms with E-state index in [1.54, 1.807) is 18.2 Å². The Morgan fingerprint density at radius 3 is 2.28 bits per heavy atom. The lowest BCUT2D eigenvalue weighted by atomic mass is 10.0. The van der Waals surface area contributed by atoms with Crippen LogP contribution in [0.15, 0.2) is 42.5 Å². The first kappa shape index (κ1) is 13.3. The molecule has 0 bridgehead atoms. The van der Waals surface area contributed by atoms with Crippen LogP contribution in [0.5, 0.6) is 0 Å². The normalized spacial score (nSPS) is 12.4. The Bertz CT molecular complexity index is 518. The van der Waals surface area contributed by atoms with Crippen LogP contribution < -0.4 is 0 Å². The molecule has 4 heteroatoms. The van der Waals surface area contributed by atoms with Crippen molar-refractivity contribution < 1.29 is 8.78 Å². The molecule has 0 aromatic heterocycles. The van der Waals surface area contributed by atoms with Gasteiger partial charge in [0, 0.05) is 10.6 Å². The Morgan fingerprint density at radius 2 is 1.67 bits per heavy atom. The Labute approximate surface area is 114 Å². The smallest absolute Gasteiger partial charge is 0.129 e. The maximum atomic E-state index is 13.6. The highest BCUT2D eigenvalue weighted by molar-refractivity contribution is 6.32. The van der Waals surface area contributed by atoms with Crippen molar-refractivity contribution in [3.8, 4) is 0 Å². The third-order valence-electron chi connectivity index (χ3n) is 2.64. The SMILES string of the molecule is Fc1ccc(CC(Cl)c2c(F)cccc2Cl)cc1. The number of benzene rings is 2. The summed E-state index contributed by atoms with van der Waals surface area (Å²) in [6, 6.07) is 10.4. The molecule has 2 aromatic carbocycles. The van der Waals surface area contributed by atoms with E-state index < -0.39 is 11.2 Å². The highest BCUT2D eigenvalue weighted by Gasteiger charge is 2.17. The van der Waals surface area contributed by atoms with Crippen LogP contribution in [0.1, 0.15) is 16.5 Å². The van der Waals surface area contributed by atoms with Gasteiger partial charge in [-0.15, -0.1) is 11.6 Å². The highest BCUT2D eigenvalue weighted by atomic mass is 35.5. The minimum atomic E-state index is -0.579. The van der Waals surface area contributed by atoms with Crippen molar-refractivity contribution in [3.05, 3.63) is 70.2 Å². The first-order valence-corrected chi connectivity index (χ1v) is 6.22. The third-order valence-corrected chi connectivity index (χ3v) is 3.34. The summed E-state index contributed by atoms with van der Waals surface area (Å²) in [5.41, 5.74) is 1.11. The van der Waals surface area contributed by atoms with Gasteiger partial charge in [-0.1, -0.05) is 29.8 Å². The van der Waals surface area contributed by atoms with Gasteiger partial charge in [0.05, 0.1) is 5.38 Å². The van der Waals surface area contributed by atoms with Crippen LogP contribution in [0.2, 0.25) is 5.02 Å². The van der Waals surface area contributed by atoms with E-state index in [1.807, 2.05) is 0 Å². The quantitative estimate of drug-likeness (QED) is 0.685. The van der Waals surface area contributed by atoms with E-state index in [0.29, 0.717) is 11.4 Å². The summed E-state index contributed by atoms with van der Waals surface area (Å²) in [4.78, 5) is 0. The van der Waals surface area contributed by atoms with Gasteiger partial charge in [0.25, 0.3) is 0 Å². The number of halogens is 4. The molecule has 1 unspecified atom stereocenters. The molecule has 0 saturated heterocycles. The second-order valence-electron chi connectivity index (χ2n) is 3.93. The van der Waals surface area contributed by atoms with Crippen molar-refractivity contribution in [2.45, 2.75) is 11.8 Å². The molecule has 0 nitrogen and oxygen atoms in total. The average Bonchev–Trinajstić information content (AvgIpc) is 2.32. The molecule has 0 N–H and O–H groups in total. The van der Waals surface area contributed by atoms with Crippen LogP contribution in [-0.4, -0.2) is 0 Å². The second kappa shape index (κ2) is 5.68. The summed E-state index contributed by atoms with van der Waals surface area (Å²) in [7, 11) is 0. The first-order valence-electron chi connectivity index (χ1n) is 5.40. The molecule has 0 radical (unpaired) electrons. The lowest BCUT2D eigenvalue weighted by Gasteiger charge is -2.12. The van der Waals surface area contributed by atoms with Crippen LogP contribution in [0.4, 0.5) is 8.78 Å². The van der Waals surface area contributed by atoms with E-state index in [9.17, 15) is 8.78 Å². The fourth-order valence-electron chi connectivity index (χ4n) is 1.74. The van der Waals surface area contributed by atoms with Crippen molar-refractivity contribution in [2.75, 3.05) is 0 Å². The van der Waals surface area contributed by atoms with E-state index in [4.69, 9.17) is 23.2 Å². The van der Waals surface area contributed by atoms with Gasteiger partial charge in [0.1, 0.15) is 11.6 Å². The molecule has 2 rings (SSSR count). The van der Waals surface area contributed by atoms with E-state index >= 15 is 0 Å². The molecule has 0 fully saturated rings. The fourth-order valence-corrected chi connectivity index (χ4v) is 2.49. The minimum Gasteiger partial charge on any atom is -0.207 e. The summed E-state index contributed by atoms with van der Waals surface area (Å²) in [6.07, 6.45) is 0.391. The molecule has 0 amide bonds. The van der Waals surface area contributed by atoms with Crippen LogP contribution >= 0.6 is 23.2 Å². The van der Waals surface area contributed by atoms with Crippen molar-refractivity contribution in [3.63, 3.8) is 0 Å². The summed E-state index contributed by atoms with van der Waals surface area (Å²) >= 11 is 12.1. The number of rotatable bonds is 3. The summed E-state index contributed by atoms with van der Waals surface area (Å²) < 4.78 is 26.4. The summed E-state index contributed by atoms with van der Waals surface area (Å²) in [5.74, 6) is -0.738. The molecule has 0 aliphatic rings. The fraction of sp³-hybridized carbons (Fsp3) is 0.143. The van der Waals surface area contributed by atoms with E-state index in [2.05, 4.69) is 0 Å². The predicted octanol–water partition coefficient (Wildman–Crippen LogP) is 5.14. The molecule has 0 heterocycles. The van der Waals surface area contributed by atoms with Crippen molar-refractivity contribution >= 4 is 23.2 Å². The monoisotopic (exact) mass is 286 g/mol. The highest BCUT2D eigenvalue weighted by Crippen LogP contribution is 2.32. The maximum absolute atomic E-state index is 13.6. The zero-order chi connectivity index (χ0) is 13.1. The summed E-state index contributed by atoms with van der Waals surface area (Å²) in [6.45, 7) is 0. The minimum absolute atomic E-state index is 0.283. The molecule has 18 heavy (non-hydrogen) atoms. The lowest BCUT2D eigenvalue weighted by Crippen LogP contribution is -2.00. The molecule has 2 aromatic rings. The molecule has 1 atom stereocenters. The van der Waals surface area contributed by atoms with Crippen LogP contribution in [0.3, 0.4) is 0 Å². The van der Waals surface area contributed by atoms with Gasteiger partial charge < -0.3 is 0 Å². The lowest BCUT2D eigenvalue weighted by molar-refractivity contribution is 0.605. The van der Waals surface area contributed by atoms with Gasteiger partial charge >= 0.3 is 0 Å². The number of hydrogen-bond donors (Lipinski definition) is 0. The van der Waals surface area contributed by atoms with Crippen LogP contribution in [0.25, 0.3) is 0 Å². The molecule has 0 saturated carbocycles. The van der Waals surface area contributed by atoms with Crippen LogP contribution in [-0.2, 0) is 6.42 Å². The summed E-state index contributed by atoms with van der Waals surface area (Å²) in [5, 5.41) is -0.277. The Kier molecular flexibility index (Phi) is 4.20. The molecular formula is C14H10Cl2F2. The Hall–Kier alpha value is -1.12. The zero-order valence-electron chi connectivity index (χ0n) is 9.34. The van der Waals surface area contributed by atoms with Crippen molar-refractivity contribution in [1.82, 2.24) is 0 Å². The van der Waals surface area contributed by atoms with E-state index in [1.165, 1.54) is 24.3 Å². The molecule has 0 spiro atoms. The number of hydrogen-bond acceptors (Lipinski definition) is 0. The van der Waals surface area contributed by atoms with Gasteiger partial charge in [0.15, 0.2) is 0 Å². The van der Waals surface area contributed by atoms with E-state index in [0.717, 1.165) is 5.56 Å². The van der Waals surface area contributed by atoms with Gasteiger partial charge in [-0.3, -0.25) is 0 Å². The Balaban J connectivity index is 2.22. The standard InChI is InChI=1S/C14H10Cl2F2/c15-11-2-1-3-13(18)14(11)12(16)8-9-4-6-10(17)7-5-9/h1-7,12H,8H2. The average molecular weight is 287 g/mol. The number of alkyl halides is 1. The Morgan fingerprint density at radius 1 is 1.00 bits per heavy atom. The molecule has 0 aliphatic heterocycles. The van der Waals surface area contributed by atoms with Gasteiger partial charge in [-0.2, -0.15) is 0 Å². The zero-order valence-corrected chi connectivity index (χ0v) is 10.8. The van der Waals surface area contributed by atoms with Gasteiger partial charge in [-0.05, 0) is 36.2 Å². The predicted molar refractivity (Wildman–Crippen MR) is 70.1 cm³/mol. The molecular weight excluding hydrogens is 277 g/mol. The third kappa shape index (κ3) is 3.01. The second-order valence-corrected chi connectivity index (χ2v) is 4.87. The molecule has 94 valence electrons. The molecule has 0 aliphatic carbocycles. The largest absolute Gasteiger partial charge is 0.207 e. The topological polar surface area (TPSA) is 0 Å². The maximum Gasteiger partial charge on any atom is 0.129 e. The first-order chi connectivity index (χ1) is 8.58. The van der Waals surface area contributed by atoms with Crippen molar-refractivity contribution in [1.29, 1.82) is 0 Å². The van der Waals surface area contributed by atoms with Crippen molar-refractivity contribution in [2.24, 2.45) is 0 Å². The van der Waals surface area contributed by atoms with E-state index in [-0.39, 0.29) is 11.4 Å². The van der Waals surface area contributed by atoms with Gasteiger partial charge in [-0.25, -0.2) is 8.78 Å². The van der Waals surface area contributed by atoms with Gasteiger partial charge in [0.2, 0.25) is 0 Å². The van der Waals surface area contributed by atoms with Crippen LogP contribution in [0, 0.1) is 11.6 Å².